The van der Waals surface area contributed by atoms with Crippen molar-refractivity contribution in [3.05, 3.63) is 47.7 Å². The van der Waals surface area contributed by atoms with Crippen molar-refractivity contribution < 1.29 is 52.7 Å². The number of alkyl halides is 6. The fourth-order valence-electron chi connectivity index (χ4n) is 4.35. The maximum absolute atomic E-state index is 13.3. The van der Waals surface area contributed by atoms with Crippen LogP contribution in [0.3, 0.4) is 0 Å². The number of benzene rings is 1. The Morgan fingerprint density at radius 2 is 1.56 bits per heavy atom. The number of rotatable bonds is 6. The third kappa shape index (κ3) is 6.65. The van der Waals surface area contributed by atoms with Crippen LogP contribution in [0, 0.1) is 5.92 Å². The first-order chi connectivity index (χ1) is 17.6. The predicted molar refractivity (Wildman–Crippen MR) is 125 cm³/mol. The third-order valence-corrected chi connectivity index (χ3v) is 10.2. The Kier molecular flexibility index (Phi) is 8.07. The highest BCUT2D eigenvalue weighted by atomic mass is 32.2. The second kappa shape index (κ2) is 10.3. The number of likely N-dealkylation sites (tertiary alicyclic amines) is 1. The first-order valence-electron chi connectivity index (χ1n) is 11.3. The molecule has 0 radical (unpaired) electrons. The van der Waals surface area contributed by atoms with Crippen molar-refractivity contribution in [2.75, 3.05) is 19.3 Å². The summed E-state index contributed by atoms with van der Waals surface area (Å²) in [5.74, 6) is -2.24. The quantitative estimate of drug-likeness (QED) is 0.448. The zero-order chi connectivity index (χ0) is 29.6. The van der Waals surface area contributed by atoms with Gasteiger partial charge in [-0.15, -0.1) is 13.2 Å². The van der Waals surface area contributed by atoms with Gasteiger partial charge in [-0.1, -0.05) is 0 Å². The number of halogens is 6. The lowest BCUT2D eigenvalue weighted by Gasteiger charge is -2.40. The minimum atomic E-state index is -5.08. The number of hydrogen-bond acceptors (Lipinski definition) is 7. The Balaban J connectivity index is 1.82. The molecule has 0 spiro atoms. The monoisotopic (exact) mass is 602 g/mol. The topological polar surface area (TPSA) is 111 Å². The Morgan fingerprint density at radius 1 is 0.974 bits per heavy atom. The van der Waals surface area contributed by atoms with Gasteiger partial charge in [0.2, 0.25) is 9.84 Å². The third-order valence-electron chi connectivity index (χ3n) is 6.61. The normalized spacial score (nSPS) is 16.3. The van der Waals surface area contributed by atoms with E-state index in [0.717, 1.165) is 24.6 Å². The summed E-state index contributed by atoms with van der Waals surface area (Å²) in [6.07, 6.45) is -8.18. The van der Waals surface area contributed by atoms with Crippen LogP contribution in [0.2, 0.25) is 0 Å². The van der Waals surface area contributed by atoms with E-state index >= 15 is 0 Å². The fourth-order valence-corrected chi connectivity index (χ4v) is 6.93. The number of piperidine rings is 1. The van der Waals surface area contributed by atoms with E-state index in [1.807, 2.05) is 0 Å². The van der Waals surface area contributed by atoms with Crippen LogP contribution in [0.25, 0.3) is 0 Å². The molecule has 1 aliphatic heterocycles. The summed E-state index contributed by atoms with van der Waals surface area (Å²) in [5.41, 5.74) is -1.55. The van der Waals surface area contributed by atoms with Crippen LogP contribution >= 0.6 is 0 Å². The molecule has 1 aromatic heterocycles. The second-order valence-electron chi connectivity index (χ2n) is 9.53. The fraction of sp³-hybridized carbons (Fsp3) is 0.478. The van der Waals surface area contributed by atoms with Gasteiger partial charge in [0.05, 0.1) is 20.8 Å². The number of ether oxygens (including phenoxy) is 1. The minimum Gasteiger partial charge on any atom is -0.406 e. The summed E-state index contributed by atoms with van der Waals surface area (Å²) < 4.78 is 130. The van der Waals surface area contributed by atoms with Crippen LogP contribution in [-0.4, -0.2) is 63.1 Å². The first kappa shape index (κ1) is 30.7. The van der Waals surface area contributed by atoms with Gasteiger partial charge in [-0.3, -0.25) is 4.79 Å². The Bertz CT molecular complexity index is 1460. The van der Waals surface area contributed by atoms with Crippen LogP contribution in [0.5, 0.6) is 5.75 Å². The molecule has 0 aliphatic carbocycles. The molecule has 0 N–H and O–H groups in total. The molecule has 1 aliphatic rings. The van der Waals surface area contributed by atoms with Gasteiger partial charge < -0.3 is 9.64 Å². The smallest absolute Gasteiger partial charge is 0.406 e. The van der Waals surface area contributed by atoms with E-state index in [-0.39, 0.29) is 31.5 Å². The maximum atomic E-state index is 13.3. The molecule has 1 aromatic carbocycles. The molecular formula is C23H24F6N2O6S2. The molecule has 0 bridgehead atoms. The van der Waals surface area contributed by atoms with E-state index in [4.69, 9.17) is 0 Å². The molecule has 3 rings (SSSR count). The summed E-state index contributed by atoms with van der Waals surface area (Å²) in [6.45, 7) is 2.63. The standard InChI is InChI=1S/C23H24F6N2O6S2/c1-21(2,39(35,36)19-12-15(6-9-30-19)22(24,25)26)14-7-10-31(11-8-14)20(32)17-5-4-16(37-23(27,28)29)13-18(17)38(3,33)34/h4-6,9,12-14H,7-8,10-11H2,1-3H3. The molecule has 2 heterocycles. The molecular weight excluding hydrogens is 578 g/mol. The van der Waals surface area contributed by atoms with Crippen LogP contribution in [0.4, 0.5) is 26.3 Å². The number of nitrogens with zero attached hydrogens (tertiary/aromatic N) is 2. The number of amides is 1. The molecule has 16 heteroatoms. The molecule has 39 heavy (non-hydrogen) atoms. The lowest BCUT2D eigenvalue weighted by Crippen LogP contribution is -2.48. The Morgan fingerprint density at radius 3 is 2.08 bits per heavy atom. The highest BCUT2D eigenvalue weighted by molar-refractivity contribution is 7.92. The lowest BCUT2D eigenvalue weighted by atomic mass is 9.85. The van der Waals surface area contributed by atoms with Gasteiger partial charge in [0.15, 0.2) is 14.9 Å². The van der Waals surface area contributed by atoms with Gasteiger partial charge in [0.25, 0.3) is 5.91 Å². The van der Waals surface area contributed by atoms with Crippen LogP contribution in [-0.2, 0) is 25.9 Å². The van der Waals surface area contributed by atoms with Crippen molar-refractivity contribution in [1.29, 1.82) is 0 Å². The van der Waals surface area contributed by atoms with Crippen molar-refractivity contribution in [2.24, 2.45) is 5.92 Å². The zero-order valence-electron chi connectivity index (χ0n) is 20.8. The Hall–Kier alpha value is -2.88. The van der Waals surface area contributed by atoms with Crippen molar-refractivity contribution in [3.63, 3.8) is 0 Å². The van der Waals surface area contributed by atoms with Gasteiger partial charge in [0.1, 0.15) is 5.75 Å². The molecule has 1 fully saturated rings. The molecule has 8 nitrogen and oxygen atoms in total. The molecule has 1 amide bonds. The highest BCUT2D eigenvalue weighted by Crippen LogP contribution is 2.39. The molecule has 216 valence electrons. The van der Waals surface area contributed by atoms with Crippen molar-refractivity contribution in [1.82, 2.24) is 9.88 Å². The molecule has 0 saturated carbocycles. The van der Waals surface area contributed by atoms with E-state index in [2.05, 4.69) is 9.72 Å². The lowest BCUT2D eigenvalue weighted by molar-refractivity contribution is -0.274. The van der Waals surface area contributed by atoms with Gasteiger partial charge in [-0.25, -0.2) is 21.8 Å². The number of aromatic nitrogens is 1. The number of hydrogen-bond donors (Lipinski definition) is 0. The zero-order valence-corrected chi connectivity index (χ0v) is 22.4. The van der Waals surface area contributed by atoms with Gasteiger partial charge in [-0.05, 0) is 62.9 Å². The van der Waals surface area contributed by atoms with E-state index in [1.54, 1.807) is 0 Å². The van der Waals surface area contributed by atoms with Gasteiger partial charge in [0, 0.05) is 25.5 Å². The number of sulfone groups is 2. The molecule has 2 aromatic rings. The van der Waals surface area contributed by atoms with Crippen LogP contribution < -0.4 is 4.74 Å². The SMILES string of the molecule is CC(C)(C1CCN(C(=O)c2ccc(OC(F)(F)F)cc2S(C)(=O)=O)CC1)S(=O)(=O)c1cc(C(F)(F)F)ccn1. The minimum absolute atomic E-state index is 0.0392. The average Bonchev–Trinajstić information content (AvgIpc) is 2.81. The summed E-state index contributed by atoms with van der Waals surface area (Å²) in [6, 6.07) is 3.43. The van der Waals surface area contributed by atoms with Crippen molar-refractivity contribution in [3.8, 4) is 5.75 Å². The van der Waals surface area contributed by atoms with Gasteiger partial charge in [-0.2, -0.15) is 13.2 Å². The number of carbonyl (C=O) groups excluding carboxylic acids is 1. The largest absolute Gasteiger partial charge is 0.573 e. The molecule has 0 unspecified atom stereocenters. The predicted octanol–water partition coefficient (Wildman–Crippen LogP) is 4.51. The number of pyridine rings is 1. The van der Waals surface area contributed by atoms with E-state index in [1.165, 1.54) is 18.7 Å². The summed E-state index contributed by atoms with van der Waals surface area (Å²) in [4.78, 5) is 17.3. The molecule has 0 atom stereocenters. The number of carbonyl (C=O) groups is 1. The summed E-state index contributed by atoms with van der Waals surface area (Å²) >= 11 is 0. The first-order valence-corrected chi connectivity index (χ1v) is 14.7. The van der Waals surface area contributed by atoms with E-state index in [9.17, 15) is 48.0 Å². The Labute approximate surface area is 220 Å². The molecule has 1 saturated heterocycles. The summed E-state index contributed by atoms with van der Waals surface area (Å²) in [5, 5.41) is -0.736. The van der Waals surface area contributed by atoms with Crippen molar-refractivity contribution in [2.45, 2.75) is 53.9 Å². The second-order valence-corrected chi connectivity index (χ2v) is 14.0. The van der Waals surface area contributed by atoms with Crippen molar-refractivity contribution >= 4 is 25.6 Å². The average molecular weight is 603 g/mol. The highest BCUT2D eigenvalue weighted by Gasteiger charge is 2.46. The summed E-state index contributed by atoms with van der Waals surface area (Å²) in [7, 11) is -8.51. The van der Waals surface area contributed by atoms with Crippen LogP contribution in [0.1, 0.15) is 42.6 Å². The van der Waals surface area contributed by atoms with E-state index < -0.39 is 70.0 Å². The maximum Gasteiger partial charge on any atom is 0.573 e. The van der Waals surface area contributed by atoms with Gasteiger partial charge >= 0.3 is 12.5 Å². The van der Waals surface area contributed by atoms with Crippen LogP contribution in [0.15, 0.2) is 46.5 Å². The van der Waals surface area contributed by atoms with E-state index in [0.29, 0.717) is 18.2 Å².